The van der Waals surface area contributed by atoms with Gasteiger partial charge in [-0.1, -0.05) is 25.0 Å². The number of esters is 1. The summed E-state index contributed by atoms with van der Waals surface area (Å²) in [4.78, 5) is 16.6. The molecule has 0 amide bonds. The molecule has 0 aromatic heterocycles. The molecule has 0 radical (unpaired) electrons. The third kappa shape index (κ3) is 10.3. The van der Waals surface area contributed by atoms with E-state index in [2.05, 4.69) is 51.7 Å². The summed E-state index contributed by atoms with van der Waals surface area (Å²) in [5.74, 6) is 0.700. The first kappa shape index (κ1) is 25.0. The standard InChI is InChI=1S/C19H31N3O2S.HI/c1-15-10-11-16(17(13-15)25-4)14-22-19(20-2)21-12-8-6-5-7-9-18(23)24-3;/h10-11,13H,5-9,12,14H2,1-4H3,(H2,20,21,22);1H. The van der Waals surface area contributed by atoms with Gasteiger partial charge in [0.2, 0.25) is 0 Å². The minimum Gasteiger partial charge on any atom is -0.469 e. The summed E-state index contributed by atoms with van der Waals surface area (Å²) >= 11 is 1.77. The Labute approximate surface area is 179 Å². The maximum Gasteiger partial charge on any atom is 0.305 e. The SMILES string of the molecule is CN=C(NCCCCCCC(=O)OC)NCc1ccc(C)cc1SC.I. The minimum atomic E-state index is -0.122. The lowest BCUT2D eigenvalue weighted by molar-refractivity contribution is -0.140. The molecule has 148 valence electrons. The lowest BCUT2D eigenvalue weighted by Gasteiger charge is -2.14. The van der Waals surface area contributed by atoms with E-state index in [0.29, 0.717) is 6.42 Å². The highest BCUT2D eigenvalue weighted by molar-refractivity contribution is 14.0. The molecule has 0 unspecified atom stereocenters. The van der Waals surface area contributed by atoms with Gasteiger partial charge in [-0.2, -0.15) is 0 Å². The molecule has 0 heterocycles. The summed E-state index contributed by atoms with van der Waals surface area (Å²) in [6.45, 7) is 3.75. The van der Waals surface area contributed by atoms with E-state index in [4.69, 9.17) is 0 Å². The van der Waals surface area contributed by atoms with Crippen LogP contribution in [0.15, 0.2) is 28.1 Å². The molecule has 0 aliphatic carbocycles. The number of guanidine groups is 1. The maximum atomic E-state index is 11.0. The molecule has 5 nitrogen and oxygen atoms in total. The molecule has 0 atom stereocenters. The van der Waals surface area contributed by atoms with Crippen LogP contribution in [0.2, 0.25) is 0 Å². The lowest BCUT2D eigenvalue weighted by Crippen LogP contribution is -2.37. The van der Waals surface area contributed by atoms with Crippen molar-refractivity contribution in [2.45, 2.75) is 50.5 Å². The van der Waals surface area contributed by atoms with E-state index in [1.54, 1.807) is 18.8 Å². The van der Waals surface area contributed by atoms with Crippen molar-refractivity contribution in [1.29, 1.82) is 0 Å². The third-order valence-corrected chi connectivity index (χ3v) is 4.76. The quantitative estimate of drug-likeness (QED) is 0.128. The largest absolute Gasteiger partial charge is 0.469 e. The van der Waals surface area contributed by atoms with Gasteiger partial charge < -0.3 is 15.4 Å². The first-order chi connectivity index (χ1) is 12.1. The van der Waals surface area contributed by atoms with Crippen LogP contribution in [0.25, 0.3) is 0 Å². The normalized spacial score (nSPS) is 10.8. The van der Waals surface area contributed by atoms with Crippen LogP contribution in [-0.2, 0) is 16.1 Å². The number of aliphatic imine (C=N–C) groups is 1. The van der Waals surface area contributed by atoms with Crippen molar-refractivity contribution in [1.82, 2.24) is 10.6 Å². The molecule has 1 aromatic carbocycles. The van der Waals surface area contributed by atoms with Crippen molar-refractivity contribution < 1.29 is 9.53 Å². The molecular weight excluding hydrogens is 461 g/mol. The monoisotopic (exact) mass is 493 g/mol. The number of halogens is 1. The van der Waals surface area contributed by atoms with Crippen molar-refractivity contribution in [2.75, 3.05) is 27.0 Å². The summed E-state index contributed by atoms with van der Waals surface area (Å²) in [6.07, 6.45) is 6.71. The molecule has 0 aliphatic heterocycles. The molecular formula is C19H32IN3O2S. The summed E-state index contributed by atoms with van der Waals surface area (Å²) in [5, 5.41) is 6.71. The number of benzene rings is 1. The van der Waals surface area contributed by atoms with Gasteiger partial charge in [0.15, 0.2) is 5.96 Å². The Morgan fingerprint density at radius 1 is 1.19 bits per heavy atom. The fourth-order valence-electron chi connectivity index (χ4n) is 2.45. The number of hydrogen-bond acceptors (Lipinski definition) is 4. The lowest BCUT2D eigenvalue weighted by atomic mass is 10.1. The molecule has 0 fully saturated rings. The minimum absolute atomic E-state index is 0. The average Bonchev–Trinajstić information content (AvgIpc) is 2.63. The van der Waals surface area contributed by atoms with Gasteiger partial charge in [0, 0.05) is 31.5 Å². The number of thioether (sulfide) groups is 1. The first-order valence-corrected chi connectivity index (χ1v) is 9.98. The van der Waals surface area contributed by atoms with Gasteiger partial charge in [0.25, 0.3) is 0 Å². The van der Waals surface area contributed by atoms with Gasteiger partial charge in [-0.25, -0.2) is 0 Å². The van der Waals surface area contributed by atoms with E-state index in [0.717, 1.165) is 44.7 Å². The Hall–Kier alpha value is -0.960. The first-order valence-electron chi connectivity index (χ1n) is 8.75. The number of carbonyl (C=O) groups excluding carboxylic acids is 1. The summed E-state index contributed by atoms with van der Waals surface area (Å²) in [6, 6.07) is 6.52. The second-order valence-electron chi connectivity index (χ2n) is 5.91. The van der Waals surface area contributed by atoms with Gasteiger partial charge in [-0.3, -0.25) is 9.79 Å². The zero-order valence-electron chi connectivity index (χ0n) is 16.3. The van der Waals surface area contributed by atoms with E-state index in [1.165, 1.54) is 23.1 Å². The van der Waals surface area contributed by atoms with Crippen LogP contribution in [0.3, 0.4) is 0 Å². The predicted molar refractivity (Wildman–Crippen MR) is 122 cm³/mol. The number of methoxy groups -OCH3 is 1. The smallest absolute Gasteiger partial charge is 0.305 e. The fourth-order valence-corrected chi connectivity index (χ4v) is 3.16. The third-order valence-electron chi connectivity index (χ3n) is 3.94. The number of nitrogens with zero attached hydrogens (tertiary/aromatic N) is 1. The Kier molecular flexibility index (Phi) is 14.6. The molecule has 0 saturated carbocycles. The van der Waals surface area contributed by atoms with Crippen LogP contribution < -0.4 is 10.6 Å². The summed E-state index contributed by atoms with van der Waals surface area (Å²) in [7, 11) is 3.22. The molecule has 26 heavy (non-hydrogen) atoms. The van der Waals surface area contributed by atoms with Gasteiger partial charge in [-0.15, -0.1) is 35.7 Å². The topological polar surface area (TPSA) is 62.7 Å². The molecule has 0 aliphatic rings. The number of hydrogen-bond donors (Lipinski definition) is 2. The predicted octanol–water partition coefficient (Wildman–Crippen LogP) is 4.12. The molecule has 1 rings (SSSR count). The van der Waals surface area contributed by atoms with Crippen LogP contribution in [0.1, 0.15) is 43.2 Å². The molecule has 0 saturated heterocycles. The number of unbranched alkanes of at least 4 members (excludes halogenated alkanes) is 3. The van der Waals surface area contributed by atoms with Crippen LogP contribution in [0.4, 0.5) is 0 Å². The molecule has 1 aromatic rings. The van der Waals surface area contributed by atoms with Crippen molar-refractivity contribution in [3.8, 4) is 0 Å². The average molecular weight is 493 g/mol. The van der Waals surface area contributed by atoms with Crippen LogP contribution >= 0.6 is 35.7 Å². The Morgan fingerprint density at radius 2 is 1.92 bits per heavy atom. The Morgan fingerprint density at radius 3 is 2.58 bits per heavy atom. The summed E-state index contributed by atoms with van der Waals surface area (Å²) in [5.41, 5.74) is 2.56. The van der Waals surface area contributed by atoms with Crippen molar-refractivity contribution in [3.05, 3.63) is 29.3 Å². The molecule has 7 heteroatoms. The zero-order valence-corrected chi connectivity index (χ0v) is 19.4. The van der Waals surface area contributed by atoms with Gasteiger partial charge in [0.05, 0.1) is 7.11 Å². The van der Waals surface area contributed by atoms with Crippen molar-refractivity contribution in [2.24, 2.45) is 4.99 Å². The number of rotatable bonds is 10. The van der Waals surface area contributed by atoms with E-state index in [1.807, 2.05) is 0 Å². The Bertz CT molecular complexity index is 568. The highest BCUT2D eigenvalue weighted by Gasteiger charge is 2.04. The molecule has 0 bridgehead atoms. The number of nitrogens with one attached hydrogen (secondary N) is 2. The Balaban J connectivity index is 0.00000625. The van der Waals surface area contributed by atoms with E-state index >= 15 is 0 Å². The number of aryl methyl sites for hydroxylation is 1. The highest BCUT2D eigenvalue weighted by Crippen LogP contribution is 2.21. The van der Waals surface area contributed by atoms with Crippen LogP contribution in [0, 0.1) is 6.92 Å². The van der Waals surface area contributed by atoms with E-state index in [9.17, 15) is 4.79 Å². The number of carbonyl (C=O) groups is 1. The van der Waals surface area contributed by atoms with Crippen molar-refractivity contribution in [3.63, 3.8) is 0 Å². The number of ether oxygens (including phenoxy) is 1. The second kappa shape index (κ2) is 15.1. The van der Waals surface area contributed by atoms with Crippen LogP contribution in [0.5, 0.6) is 0 Å². The molecule has 0 spiro atoms. The van der Waals surface area contributed by atoms with Crippen LogP contribution in [-0.4, -0.2) is 38.9 Å². The van der Waals surface area contributed by atoms with E-state index in [-0.39, 0.29) is 29.9 Å². The second-order valence-corrected chi connectivity index (χ2v) is 6.76. The van der Waals surface area contributed by atoms with Gasteiger partial charge >= 0.3 is 5.97 Å². The van der Waals surface area contributed by atoms with Gasteiger partial charge in [-0.05, 0) is 43.2 Å². The van der Waals surface area contributed by atoms with E-state index < -0.39 is 0 Å². The maximum absolute atomic E-state index is 11.0. The molecule has 2 N–H and O–H groups in total. The fraction of sp³-hybridized carbons (Fsp3) is 0.579. The zero-order chi connectivity index (χ0) is 18.5. The highest BCUT2D eigenvalue weighted by atomic mass is 127. The summed E-state index contributed by atoms with van der Waals surface area (Å²) < 4.78 is 4.63. The van der Waals surface area contributed by atoms with Crippen molar-refractivity contribution >= 4 is 47.7 Å². The van der Waals surface area contributed by atoms with Gasteiger partial charge in [0.1, 0.15) is 0 Å².